The number of amides is 1. The van der Waals surface area contributed by atoms with E-state index >= 15 is 0 Å². The first-order valence-corrected chi connectivity index (χ1v) is 11.8. The van der Waals surface area contributed by atoms with Gasteiger partial charge in [0.05, 0.1) is 18.4 Å². The third-order valence-corrected chi connectivity index (χ3v) is 5.22. The quantitative estimate of drug-likeness (QED) is 0.133. The van der Waals surface area contributed by atoms with E-state index in [0.29, 0.717) is 47.2 Å². The monoisotopic (exact) mass is 494 g/mol. The lowest BCUT2D eigenvalue weighted by Gasteiger charge is -2.11. The van der Waals surface area contributed by atoms with Crippen molar-refractivity contribution in [1.82, 2.24) is 5.43 Å². The van der Waals surface area contributed by atoms with Gasteiger partial charge in [-0.25, -0.2) is 10.2 Å². The van der Waals surface area contributed by atoms with Gasteiger partial charge in [-0.05, 0) is 72.6 Å². The summed E-state index contributed by atoms with van der Waals surface area (Å²) in [7, 11) is 0. The Labute approximate surface area is 215 Å². The third-order valence-electron chi connectivity index (χ3n) is 5.22. The number of carbonyl (C=O) groups excluding carboxylic acids is 2. The lowest BCUT2D eigenvalue weighted by Crippen LogP contribution is -2.17. The zero-order valence-corrected chi connectivity index (χ0v) is 20.3. The predicted octanol–water partition coefficient (Wildman–Crippen LogP) is 5.65. The van der Waals surface area contributed by atoms with Gasteiger partial charge < -0.3 is 14.2 Å². The van der Waals surface area contributed by atoms with Crippen LogP contribution in [0.25, 0.3) is 0 Å². The van der Waals surface area contributed by atoms with Crippen molar-refractivity contribution in [2.24, 2.45) is 5.10 Å². The van der Waals surface area contributed by atoms with Gasteiger partial charge in [0.2, 0.25) is 0 Å². The molecule has 0 fully saturated rings. The van der Waals surface area contributed by atoms with E-state index in [-0.39, 0.29) is 5.91 Å². The number of hydrogen-bond acceptors (Lipinski definition) is 6. The maximum absolute atomic E-state index is 12.5. The summed E-state index contributed by atoms with van der Waals surface area (Å²) in [6, 6.07) is 30.4. The molecular formula is C30H26N2O5. The molecule has 1 amide bonds. The molecule has 0 aromatic heterocycles. The molecule has 0 heterocycles. The molecule has 7 nitrogen and oxygen atoms in total. The van der Waals surface area contributed by atoms with Gasteiger partial charge in [-0.3, -0.25) is 4.79 Å². The Hall–Kier alpha value is -4.91. The first-order chi connectivity index (χ1) is 18.1. The SMILES string of the molecule is CCOc1cc(C=NNC(=O)c2ccc(OCc3ccccc3)cc2)ccc1OC(=O)c1ccccc1. The van der Waals surface area contributed by atoms with Crippen LogP contribution in [0.4, 0.5) is 0 Å². The minimum absolute atomic E-state index is 0.298. The molecule has 7 heteroatoms. The predicted molar refractivity (Wildman–Crippen MR) is 141 cm³/mol. The first-order valence-electron chi connectivity index (χ1n) is 11.8. The summed E-state index contributed by atoms with van der Waals surface area (Å²) in [5.74, 6) is 0.524. The van der Waals surface area contributed by atoms with Crippen molar-refractivity contribution in [2.75, 3.05) is 6.61 Å². The van der Waals surface area contributed by atoms with Crippen LogP contribution in [-0.2, 0) is 6.61 Å². The second-order valence-corrected chi connectivity index (χ2v) is 7.89. The van der Waals surface area contributed by atoms with Gasteiger partial charge in [-0.15, -0.1) is 0 Å². The average molecular weight is 495 g/mol. The maximum Gasteiger partial charge on any atom is 0.343 e. The standard InChI is InChI=1S/C30H26N2O5/c1-2-35-28-19-23(13-18-27(28)37-30(34)25-11-7-4-8-12-25)20-31-32-29(33)24-14-16-26(17-15-24)36-21-22-9-5-3-6-10-22/h3-20H,2,21H2,1H3,(H,32,33). The van der Waals surface area contributed by atoms with Crippen LogP contribution in [0.15, 0.2) is 108 Å². The van der Waals surface area contributed by atoms with E-state index in [1.807, 2.05) is 43.3 Å². The first kappa shape index (κ1) is 25.2. The van der Waals surface area contributed by atoms with Crippen LogP contribution in [0, 0.1) is 0 Å². The molecule has 0 unspecified atom stereocenters. The van der Waals surface area contributed by atoms with Crippen LogP contribution in [0.5, 0.6) is 17.2 Å². The van der Waals surface area contributed by atoms with E-state index in [1.165, 1.54) is 6.21 Å². The van der Waals surface area contributed by atoms with Crippen LogP contribution in [0.1, 0.15) is 38.8 Å². The Morgan fingerprint density at radius 2 is 1.49 bits per heavy atom. The second kappa shape index (κ2) is 12.7. The van der Waals surface area contributed by atoms with E-state index < -0.39 is 5.97 Å². The van der Waals surface area contributed by atoms with Crippen LogP contribution in [-0.4, -0.2) is 24.7 Å². The summed E-state index contributed by atoms with van der Waals surface area (Å²) in [4.78, 5) is 24.9. The summed E-state index contributed by atoms with van der Waals surface area (Å²) in [6.07, 6.45) is 1.49. The van der Waals surface area contributed by atoms with Crippen molar-refractivity contribution in [1.29, 1.82) is 0 Å². The summed E-state index contributed by atoms with van der Waals surface area (Å²) in [5.41, 5.74) is 5.12. The van der Waals surface area contributed by atoms with Crippen LogP contribution in [0.2, 0.25) is 0 Å². The van der Waals surface area contributed by atoms with Gasteiger partial charge in [0, 0.05) is 5.56 Å². The van der Waals surface area contributed by atoms with Gasteiger partial charge in [0.15, 0.2) is 11.5 Å². The molecular weight excluding hydrogens is 468 g/mol. The van der Waals surface area contributed by atoms with Crippen molar-refractivity contribution >= 4 is 18.1 Å². The molecule has 4 rings (SSSR count). The Kier molecular flexibility index (Phi) is 8.64. The van der Waals surface area contributed by atoms with E-state index in [2.05, 4.69) is 10.5 Å². The number of esters is 1. The van der Waals surface area contributed by atoms with Gasteiger partial charge in [-0.2, -0.15) is 5.10 Å². The molecule has 0 saturated heterocycles. The number of benzene rings is 4. The van der Waals surface area contributed by atoms with E-state index in [1.54, 1.807) is 66.7 Å². The number of ether oxygens (including phenoxy) is 3. The number of nitrogens with one attached hydrogen (secondary N) is 1. The summed E-state index contributed by atoms with van der Waals surface area (Å²) >= 11 is 0. The number of hydrogen-bond donors (Lipinski definition) is 1. The summed E-state index contributed by atoms with van der Waals surface area (Å²) in [6.45, 7) is 2.67. The van der Waals surface area contributed by atoms with Crippen molar-refractivity contribution in [3.05, 3.63) is 125 Å². The fourth-order valence-corrected chi connectivity index (χ4v) is 3.36. The van der Waals surface area contributed by atoms with Crippen molar-refractivity contribution in [3.63, 3.8) is 0 Å². The highest BCUT2D eigenvalue weighted by Gasteiger charge is 2.13. The fraction of sp³-hybridized carbons (Fsp3) is 0.100. The van der Waals surface area contributed by atoms with Crippen LogP contribution < -0.4 is 19.6 Å². The zero-order chi connectivity index (χ0) is 25.9. The Balaban J connectivity index is 1.34. The molecule has 0 saturated carbocycles. The highest BCUT2D eigenvalue weighted by Crippen LogP contribution is 2.29. The zero-order valence-electron chi connectivity index (χ0n) is 20.3. The van der Waals surface area contributed by atoms with Crippen LogP contribution in [0.3, 0.4) is 0 Å². The molecule has 4 aromatic carbocycles. The van der Waals surface area contributed by atoms with E-state index in [0.717, 1.165) is 5.56 Å². The molecule has 1 N–H and O–H groups in total. The highest BCUT2D eigenvalue weighted by molar-refractivity contribution is 5.95. The smallest absolute Gasteiger partial charge is 0.343 e. The third kappa shape index (κ3) is 7.29. The molecule has 0 bridgehead atoms. The topological polar surface area (TPSA) is 86.2 Å². The molecule has 0 spiro atoms. The molecule has 0 radical (unpaired) electrons. The number of rotatable bonds is 10. The van der Waals surface area contributed by atoms with Gasteiger partial charge in [-0.1, -0.05) is 48.5 Å². The molecule has 0 aliphatic heterocycles. The molecule has 37 heavy (non-hydrogen) atoms. The maximum atomic E-state index is 12.5. The molecule has 186 valence electrons. The van der Waals surface area contributed by atoms with Crippen LogP contribution >= 0.6 is 0 Å². The molecule has 0 atom stereocenters. The lowest BCUT2D eigenvalue weighted by molar-refractivity contribution is 0.0728. The lowest BCUT2D eigenvalue weighted by atomic mass is 10.2. The fourth-order valence-electron chi connectivity index (χ4n) is 3.36. The molecule has 0 aliphatic carbocycles. The summed E-state index contributed by atoms with van der Waals surface area (Å²) < 4.78 is 16.9. The van der Waals surface area contributed by atoms with Gasteiger partial charge in [0.1, 0.15) is 12.4 Å². The van der Waals surface area contributed by atoms with E-state index in [9.17, 15) is 9.59 Å². The minimum Gasteiger partial charge on any atom is -0.490 e. The molecule has 4 aromatic rings. The molecule has 0 aliphatic rings. The van der Waals surface area contributed by atoms with Gasteiger partial charge in [0.25, 0.3) is 5.91 Å². The Bertz CT molecular complexity index is 1350. The average Bonchev–Trinajstić information content (AvgIpc) is 2.94. The summed E-state index contributed by atoms with van der Waals surface area (Å²) in [5, 5.41) is 4.04. The largest absolute Gasteiger partial charge is 0.490 e. The van der Waals surface area contributed by atoms with Crippen molar-refractivity contribution in [3.8, 4) is 17.2 Å². The van der Waals surface area contributed by atoms with Gasteiger partial charge >= 0.3 is 5.97 Å². The Morgan fingerprint density at radius 1 is 0.784 bits per heavy atom. The van der Waals surface area contributed by atoms with Crippen molar-refractivity contribution in [2.45, 2.75) is 13.5 Å². The minimum atomic E-state index is -0.480. The normalized spacial score (nSPS) is 10.6. The Morgan fingerprint density at radius 3 is 2.19 bits per heavy atom. The second-order valence-electron chi connectivity index (χ2n) is 7.89. The number of carbonyl (C=O) groups is 2. The number of hydrazone groups is 1. The van der Waals surface area contributed by atoms with Crippen molar-refractivity contribution < 1.29 is 23.8 Å². The highest BCUT2D eigenvalue weighted by atomic mass is 16.6. The number of nitrogens with zero attached hydrogens (tertiary/aromatic N) is 1. The van der Waals surface area contributed by atoms with E-state index in [4.69, 9.17) is 14.2 Å².